The lowest BCUT2D eigenvalue weighted by molar-refractivity contribution is 0.0358. The smallest absolute Gasteiger partial charge is 0.122 e. The van der Waals surface area contributed by atoms with Gasteiger partial charge < -0.3 is 20.5 Å². The normalized spacial score (nSPS) is 27.7. The predicted molar refractivity (Wildman–Crippen MR) is 142 cm³/mol. The maximum absolute atomic E-state index is 10.7. The average Bonchev–Trinajstić information content (AvgIpc) is 3.24. The lowest BCUT2D eigenvalue weighted by Gasteiger charge is -2.31. The summed E-state index contributed by atoms with van der Waals surface area (Å²) in [6, 6.07) is 8.69. The van der Waals surface area contributed by atoms with Crippen LogP contribution >= 0.6 is 11.6 Å². The van der Waals surface area contributed by atoms with Gasteiger partial charge in [-0.3, -0.25) is 4.90 Å². The minimum atomic E-state index is -0.775. The number of ether oxygens (including phenoxy) is 1. The molecule has 0 radical (unpaired) electrons. The summed E-state index contributed by atoms with van der Waals surface area (Å²) < 4.78 is 6.24. The molecule has 1 aromatic rings. The first-order valence-electron chi connectivity index (χ1n) is 12.7. The van der Waals surface area contributed by atoms with E-state index in [2.05, 4.69) is 58.0 Å². The number of nitrogens with one attached hydrogen (secondary N) is 2. The van der Waals surface area contributed by atoms with E-state index in [4.69, 9.17) is 16.3 Å². The van der Waals surface area contributed by atoms with Crippen molar-refractivity contribution in [2.45, 2.75) is 50.9 Å². The van der Waals surface area contributed by atoms with Crippen molar-refractivity contribution in [2.24, 2.45) is 5.92 Å². The molecular weight excluding hydrogens is 458 g/mol. The van der Waals surface area contributed by atoms with Gasteiger partial charge in [0, 0.05) is 48.7 Å². The first-order chi connectivity index (χ1) is 16.9. The van der Waals surface area contributed by atoms with Gasteiger partial charge in [-0.1, -0.05) is 42.0 Å². The molecule has 3 heterocycles. The van der Waals surface area contributed by atoms with Crippen LogP contribution in [0.4, 0.5) is 0 Å². The highest BCUT2D eigenvalue weighted by atomic mass is 35.5. The summed E-state index contributed by atoms with van der Waals surface area (Å²) in [5, 5.41) is 18.7. The zero-order valence-electron chi connectivity index (χ0n) is 20.6. The number of benzene rings is 1. The van der Waals surface area contributed by atoms with Gasteiger partial charge in [0.1, 0.15) is 12.4 Å². The lowest BCUT2D eigenvalue weighted by Crippen LogP contribution is -2.34. The number of allylic oxidation sites excluding steroid dienone is 4. The molecule has 1 aliphatic carbocycles. The molecule has 1 aromatic carbocycles. The van der Waals surface area contributed by atoms with Gasteiger partial charge in [0.2, 0.25) is 0 Å². The van der Waals surface area contributed by atoms with Crippen LogP contribution in [0.3, 0.4) is 0 Å². The summed E-state index contributed by atoms with van der Waals surface area (Å²) in [4.78, 5) is 2.52. The van der Waals surface area contributed by atoms with Crippen LogP contribution in [0.15, 0.2) is 83.3 Å². The number of dihydropyridines is 1. The number of hydrogen-bond donors (Lipinski definition) is 3. The third kappa shape index (κ3) is 5.75. The number of aliphatic hydroxyl groups is 1. The van der Waals surface area contributed by atoms with E-state index in [-0.39, 0.29) is 12.0 Å². The molecule has 2 unspecified atom stereocenters. The first kappa shape index (κ1) is 24.4. The highest BCUT2D eigenvalue weighted by Gasteiger charge is 2.34. The van der Waals surface area contributed by atoms with E-state index >= 15 is 0 Å². The summed E-state index contributed by atoms with van der Waals surface area (Å²) in [6.07, 6.45) is 14.7. The minimum Gasteiger partial charge on any atom is -0.491 e. The van der Waals surface area contributed by atoms with Crippen LogP contribution in [0.2, 0.25) is 5.02 Å². The van der Waals surface area contributed by atoms with E-state index in [1.54, 1.807) is 0 Å². The highest BCUT2D eigenvalue weighted by Crippen LogP contribution is 2.40. The molecule has 0 aromatic heterocycles. The fourth-order valence-corrected chi connectivity index (χ4v) is 5.46. The van der Waals surface area contributed by atoms with Crippen molar-refractivity contribution < 1.29 is 9.84 Å². The van der Waals surface area contributed by atoms with Crippen molar-refractivity contribution >= 4 is 11.6 Å². The predicted octanol–water partition coefficient (Wildman–Crippen LogP) is 4.47. The number of likely N-dealkylation sites (tertiary alicyclic amines) is 1. The van der Waals surface area contributed by atoms with E-state index < -0.39 is 5.60 Å². The van der Waals surface area contributed by atoms with Crippen LogP contribution in [0.5, 0.6) is 0 Å². The molecule has 5 rings (SSSR count). The molecule has 3 aliphatic heterocycles. The van der Waals surface area contributed by atoms with E-state index in [9.17, 15) is 5.11 Å². The number of hydrogen-bond acceptors (Lipinski definition) is 5. The Morgan fingerprint density at radius 1 is 1.29 bits per heavy atom. The number of nitrogens with zero attached hydrogens (tertiary/aromatic N) is 1. The molecule has 5 nitrogen and oxygen atoms in total. The van der Waals surface area contributed by atoms with Crippen molar-refractivity contribution in [3.63, 3.8) is 0 Å². The molecule has 186 valence electrons. The van der Waals surface area contributed by atoms with Crippen LogP contribution in [0, 0.1) is 5.92 Å². The van der Waals surface area contributed by atoms with Gasteiger partial charge in [-0.15, -0.1) is 0 Å². The van der Waals surface area contributed by atoms with Crippen LogP contribution < -0.4 is 10.6 Å². The van der Waals surface area contributed by atoms with Crippen molar-refractivity contribution in [2.75, 3.05) is 26.2 Å². The Kier molecular flexibility index (Phi) is 7.21. The molecule has 0 spiro atoms. The van der Waals surface area contributed by atoms with E-state index in [0.29, 0.717) is 12.6 Å². The molecule has 1 saturated heterocycles. The second-order valence-corrected chi connectivity index (χ2v) is 11.0. The number of fused-ring (bicyclic) bond motifs is 1. The first-order valence-corrected chi connectivity index (χ1v) is 13.0. The SMILES string of the molecule is CC(C)(O)C1C=CC2=C(C1)/C(=C/CN1CC[C@@H](NCc3ccc(Cl)cc3)C1)C1=CC=CNC1CO2. The Morgan fingerprint density at radius 2 is 2.11 bits per heavy atom. The Hall–Kier alpha value is -2.31. The van der Waals surface area contributed by atoms with Gasteiger partial charge in [-0.25, -0.2) is 0 Å². The monoisotopic (exact) mass is 493 g/mol. The van der Waals surface area contributed by atoms with Crippen LogP contribution in [0.25, 0.3) is 0 Å². The van der Waals surface area contributed by atoms with Crippen LogP contribution in [-0.4, -0.2) is 53.9 Å². The van der Waals surface area contributed by atoms with E-state index in [1.165, 1.54) is 22.3 Å². The topological polar surface area (TPSA) is 56.8 Å². The van der Waals surface area contributed by atoms with Gasteiger partial charge in [-0.05, 0) is 73.9 Å². The second kappa shape index (κ2) is 10.4. The van der Waals surface area contributed by atoms with Crippen molar-refractivity contribution in [1.82, 2.24) is 15.5 Å². The number of rotatable bonds is 6. The second-order valence-electron chi connectivity index (χ2n) is 10.5. The Labute approximate surface area is 213 Å². The fourth-order valence-electron chi connectivity index (χ4n) is 5.34. The molecule has 0 saturated carbocycles. The number of halogens is 1. The lowest BCUT2D eigenvalue weighted by atomic mass is 9.78. The summed E-state index contributed by atoms with van der Waals surface area (Å²) >= 11 is 6.01. The van der Waals surface area contributed by atoms with Crippen molar-refractivity contribution in [1.29, 1.82) is 0 Å². The Morgan fingerprint density at radius 3 is 2.91 bits per heavy atom. The fraction of sp³-hybridized carbons (Fsp3) is 0.448. The Balaban J connectivity index is 1.29. The molecule has 3 N–H and O–H groups in total. The summed E-state index contributed by atoms with van der Waals surface area (Å²) in [6.45, 7) is 8.26. The maximum atomic E-state index is 10.7. The third-order valence-electron chi connectivity index (χ3n) is 7.53. The largest absolute Gasteiger partial charge is 0.491 e. The highest BCUT2D eigenvalue weighted by molar-refractivity contribution is 6.30. The average molecular weight is 494 g/mol. The maximum Gasteiger partial charge on any atom is 0.122 e. The minimum absolute atomic E-state index is 0.0609. The van der Waals surface area contributed by atoms with Gasteiger partial charge in [-0.2, -0.15) is 0 Å². The van der Waals surface area contributed by atoms with Gasteiger partial charge >= 0.3 is 0 Å². The van der Waals surface area contributed by atoms with Gasteiger partial charge in [0.25, 0.3) is 0 Å². The zero-order chi connectivity index (χ0) is 24.4. The molecule has 0 bridgehead atoms. The quantitative estimate of drug-likeness (QED) is 0.545. The van der Waals surface area contributed by atoms with Crippen molar-refractivity contribution in [3.05, 3.63) is 93.9 Å². The molecular formula is C29H36ClN3O2. The van der Waals surface area contributed by atoms with Gasteiger partial charge in [0.05, 0.1) is 11.6 Å². The van der Waals surface area contributed by atoms with E-state index in [0.717, 1.165) is 49.8 Å². The molecule has 35 heavy (non-hydrogen) atoms. The summed E-state index contributed by atoms with van der Waals surface area (Å²) in [5.41, 5.74) is 4.23. The molecule has 3 atom stereocenters. The van der Waals surface area contributed by atoms with Crippen molar-refractivity contribution in [3.8, 4) is 0 Å². The standard InChI is InChI=1S/C29H36ClN3O2/c1-29(2,34)21-7-10-28-26(16-21)24(25-4-3-13-31-27(25)19-35-28)12-15-33-14-11-23(18-33)32-17-20-5-8-22(30)9-6-20/h3-10,12-13,21,23,27,31-32,34H,11,14-19H2,1-2H3/b24-12+/t21?,23-,27?/m1/s1. The summed E-state index contributed by atoms with van der Waals surface area (Å²) in [7, 11) is 0. The summed E-state index contributed by atoms with van der Waals surface area (Å²) in [5.74, 6) is 1.00. The molecule has 1 fully saturated rings. The van der Waals surface area contributed by atoms with Gasteiger partial charge in [0.15, 0.2) is 0 Å². The van der Waals surface area contributed by atoms with Crippen LogP contribution in [-0.2, 0) is 11.3 Å². The van der Waals surface area contributed by atoms with E-state index in [1.807, 2.05) is 32.2 Å². The molecule has 6 heteroatoms. The van der Waals surface area contributed by atoms with Crippen LogP contribution in [0.1, 0.15) is 32.3 Å². The molecule has 4 aliphatic rings. The Bertz CT molecular complexity index is 1080. The zero-order valence-corrected chi connectivity index (χ0v) is 21.4. The third-order valence-corrected chi connectivity index (χ3v) is 7.78. The molecule has 0 amide bonds.